The predicted molar refractivity (Wildman–Crippen MR) is 147 cm³/mol. The molecule has 2 rings (SSSR count). The molecule has 0 aliphatic rings. The minimum atomic E-state index is -6.94. The molecular weight excluding hydrogens is 795 g/mol. The molecular formula is C29H29F17N2O6. The number of aromatic nitrogens is 2. The molecule has 2 aromatic rings. The monoisotopic (exact) mass is 824 g/mol. The lowest BCUT2D eigenvalue weighted by Crippen LogP contribution is -2.58. The largest absolute Gasteiger partial charge is 0.490 e. The summed E-state index contributed by atoms with van der Waals surface area (Å²) in [5, 5.41) is 0. The normalized spacial score (nSPS) is 14.0. The molecule has 0 bridgehead atoms. The van der Waals surface area contributed by atoms with Crippen LogP contribution in [0, 0.1) is 0 Å². The highest BCUT2D eigenvalue weighted by atomic mass is 19.4. The Hall–Kier alpha value is -3.45. The first-order chi connectivity index (χ1) is 24.6. The highest BCUT2D eigenvalue weighted by Crippen LogP contribution is 2.48. The zero-order valence-electron chi connectivity index (χ0n) is 27.3. The molecule has 8 nitrogen and oxygen atoms in total. The Morgan fingerprint density at radius 2 is 1.09 bits per heavy atom. The number of halogens is 17. The minimum absolute atomic E-state index is 0.0343. The maximum atomic E-state index is 14.6. The molecule has 0 aliphatic carbocycles. The zero-order valence-corrected chi connectivity index (χ0v) is 27.3. The van der Waals surface area contributed by atoms with Crippen LogP contribution in [0.2, 0.25) is 0 Å². The molecule has 0 spiro atoms. The van der Waals surface area contributed by atoms with E-state index >= 15 is 0 Å². The van der Waals surface area contributed by atoms with Gasteiger partial charge >= 0.3 is 48.4 Å². The summed E-state index contributed by atoms with van der Waals surface area (Å²) in [6.07, 6.45) is -30.3. The smallest absolute Gasteiger partial charge is 0.483 e. The van der Waals surface area contributed by atoms with E-state index in [0.29, 0.717) is 6.42 Å². The number of hydrogen-bond donors (Lipinski definition) is 0. The summed E-state index contributed by atoms with van der Waals surface area (Å²) in [6.45, 7) is -6.67. The van der Waals surface area contributed by atoms with Crippen molar-refractivity contribution in [3.63, 3.8) is 0 Å². The Balaban J connectivity index is 2.03. The number of alkyl halides is 17. The van der Waals surface area contributed by atoms with Crippen LogP contribution in [0.15, 0.2) is 36.7 Å². The fraction of sp³-hybridized carbons (Fsp3) is 0.655. The van der Waals surface area contributed by atoms with E-state index in [9.17, 15) is 74.6 Å². The first-order valence-corrected chi connectivity index (χ1v) is 15.1. The van der Waals surface area contributed by atoms with Crippen LogP contribution in [0.1, 0.15) is 32.6 Å². The maximum absolute atomic E-state index is 14.6. The SMILES string of the molecule is CCCCOCC(F)(F)C(F)(F)C(F)(F)COc1cc(-c2ncccn2)ccc1OCCCCOCC(F)(F)OC(F)(F)C(F)(F)OC(F)(F)C(F)(F)F. The third-order valence-corrected chi connectivity index (χ3v) is 6.43. The molecule has 0 saturated heterocycles. The highest BCUT2D eigenvalue weighted by Gasteiger charge is 2.73. The van der Waals surface area contributed by atoms with Crippen LogP contribution in [-0.4, -0.2) is 98.0 Å². The van der Waals surface area contributed by atoms with E-state index in [4.69, 9.17) is 9.47 Å². The highest BCUT2D eigenvalue weighted by molar-refractivity contribution is 5.60. The topological polar surface area (TPSA) is 81.2 Å². The van der Waals surface area contributed by atoms with Crippen LogP contribution >= 0.6 is 0 Å². The van der Waals surface area contributed by atoms with E-state index in [2.05, 4.69) is 24.2 Å². The second-order valence-electron chi connectivity index (χ2n) is 10.9. The summed E-state index contributed by atoms with van der Waals surface area (Å²) in [4.78, 5) is 7.79. The standard InChI is InChI=1S/C29H29F17N2O6/c1-2-3-11-49-15-22(30,31)25(36,37)23(32,33)16-52-20-14-18(21-47-9-6-10-48-21)7-8-19(20)51-13-5-4-12-50-17-24(34,35)53-28(43,44)29(45,46)54-27(41,42)26(38,39)40/h6-10,14H,2-5,11-13,15-17H2,1H3. The van der Waals surface area contributed by atoms with Crippen LogP contribution in [0.4, 0.5) is 74.6 Å². The van der Waals surface area contributed by atoms with Gasteiger partial charge in [-0.1, -0.05) is 13.3 Å². The molecule has 0 N–H and O–H groups in total. The van der Waals surface area contributed by atoms with Crippen molar-refractivity contribution in [1.29, 1.82) is 0 Å². The quantitative estimate of drug-likeness (QED) is 0.0766. The first-order valence-electron chi connectivity index (χ1n) is 15.1. The number of benzene rings is 1. The van der Waals surface area contributed by atoms with Crippen molar-refractivity contribution < 1.29 is 103 Å². The fourth-order valence-electron chi connectivity index (χ4n) is 3.63. The average Bonchev–Trinajstić information content (AvgIpc) is 3.04. The molecule has 0 unspecified atom stereocenters. The number of ether oxygens (including phenoxy) is 6. The predicted octanol–water partition coefficient (Wildman–Crippen LogP) is 9.39. The maximum Gasteiger partial charge on any atom is 0.483 e. The van der Waals surface area contributed by atoms with Crippen molar-refractivity contribution in [1.82, 2.24) is 9.97 Å². The third-order valence-electron chi connectivity index (χ3n) is 6.43. The van der Waals surface area contributed by atoms with Gasteiger partial charge in [-0.2, -0.15) is 74.6 Å². The van der Waals surface area contributed by atoms with Gasteiger partial charge in [-0.3, -0.25) is 0 Å². The molecule has 0 aliphatic heterocycles. The van der Waals surface area contributed by atoms with Crippen molar-refractivity contribution >= 4 is 0 Å². The van der Waals surface area contributed by atoms with Crippen molar-refractivity contribution in [3.8, 4) is 22.9 Å². The summed E-state index contributed by atoms with van der Waals surface area (Å²) in [5.74, 6) is -18.0. The Kier molecular flexibility index (Phi) is 15.6. The molecule has 0 amide bonds. The number of unbranched alkanes of at least 4 members (excludes halogenated alkanes) is 2. The second-order valence-corrected chi connectivity index (χ2v) is 10.9. The lowest BCUT2D eigenvalue weighted by Gasteiger charge is -2.32. The summed E-state index contributed by atoms with van der Waals surface area (Å²) in [5.41, 5.74) is 0.0446. The van der Waals surface area contributed by atoms with Crippen LogP contribution in [-0.2, 0) is 18.9 Å². The van der Waals surface area contributed by atoms with E-state index in [1.54, 1.807) is 11.7 Å². The lowest BCUT2D eigenvalue weighted by molar-refractivity contribution is -0.537. The Morgan fingerprint density at radius 1 is 0.556 bits per heavy atom. The molecule has 0 fully saturated rings. The van der Waals surface area contributed by atoms with Gasteiger partial charge in [0.2, 0.25) is 0 Å². The Morgan fingerprint density at radius 3 is 1.69 bits per heavy atom. The zero-order chi connectivity index (χ0) is 41.3. The molecule has 310 valence electrons. The summed E-state index contributed by atoms with van der Waals surface area (Å²) in [6, 6.07) is 4.63. The summed E-state index contributed by atoms with van der Waals surface area (Å²) >= 11 is 0. The van der Waals surface area contributed by atoms with Crippen molar-refractivity contribution in [2.45, 2.75) is 81.0 Å². The molecule has 1 aromatic carbocycles. The van der Waals surface area contributed by atoms with Gasteiger partial charge in [0.15, 0.2) is 23.9 Å². The Labute approximate surface area is 293 Å². The van der Waals surface area contributed by atoms with Gasteiger partial charge in [-0.25, -0.2) is 19.4 Å². The van der Waals surface area contributed by atoms with Gasteiger partial charge in [0, 0.05) is 31.2 Å². The molecule has 25 heteroatoms. The number of rotatable bonds is 24. The lowest BCUT2D eigenvalue weighted by atomic mass is 10.1. The van der Waals surface area contributed by atoms with Crippen LogP contribution in [0.5, 0.6) is 11.5 Å². The van der Waals surface area contributed by atoms with Crippen LogP contribution in [0.3, 0.4) is 0 Å². The van der Waals surface area contributed by atoms with E-state index in [1.807, 2.05) is 0 Å². The first kappa shape index (κ1) is 46.7. The second kappa shape index (κ2) is 18.0. The van der Waals surface area contributed by atoms with Gasteiger partial charge in [-0.05, 0) is 43.5 Å². The molecule has 1 aromatic heterocycles. The van der Waals surface area contributed by atoms with Gasteiger partial charge in [0.05, 0.1) is 6.61 Å². The Bertz CT molecular complexity index is 1450. The van der Waals surface area contributed by atoms with E-state index < -0.39 is 99.5 Å². The molecule has 54 heavy (non-hydrogen) atoms. The van der Waals surface area contributed by atoms with Gasteiger partial charge < -0.3 is 18.9 Å². The summed E-state index contributed by atoms with van der Waals surface area (Å²) < 4.78 is 251. The summed E-state index contributed by atoms with van der Waals surface area (Å²) in [7, 11) is 0. The van der Waals surface area contributed by atoms with Crippen molar-refractivity contribution in [2.75, 3.05) is 39.6 Å². The molecule has 0 atom stereocenters. The minimum Gasteiger partial charge on any atom is -0.490 e. The van der Waals surface area contributed by atoms with E-state index in [1.165, 1.54) is 24.5 Å². The molecule has 0 saturated carbocycles. The number of nitrogens with zero attached hydrogens (tertiary/aromatic N) is 2. The average molecular weight is 825 g/mol. The van der Waals surface area contributed by atoms with E-state index in [-0.39, 0.29) is 30.7 Å². The molecule has 0 radical (unpaired) electrons. The van der Waals surface area contributed by atoms with Gasteiger partial charge in [0.1, 0.15) is 13.2 Å². The van der Waals surface area contributed by atoms with Crippen LogP contribution < -0.4 is 9.47 Å². The van der Waals surface area contributed by atoms with Gasteiger partial charge in [-0.15, -0.1) is 0 Å². The molecule has 1 heterocycles. The fourth-order valence-corrected chi connectivity index (χ4v) is 3.63. The van der Waals surface area contributed by atoms with E-state index in [0.717, 1.165) is 12.1 Å². The van der Waals surface area contributed by atoms with Crippen molar-refractivity contribution in [2.24, 2.45) is 0 Å². The number of hydrogen-bond acceptors (Lipinski definition) is 8. The van der Waals surface area contributed by atoms with Gasteiger partial charge in [0.25, 0.3) is 0 Å². The third kappa shape index (κ3) is 12.5. The van der Waals surface area contributed by atoms with Crippen molar-refractivity contribution in [3.05, 3.63) is 36.7 Å². The van der Waals surface area contributed by atoms with Crippen LogP contribution in [0.25, 0.3) is 11.4 Å².